The fraction of sp³-hybridized carbons (Fsp3) is 0.0690. The number of nitrogens with zero attached hydrogens (tertiary/aromatic N) is 2. The van der Waals surface area contributed by atoms with Crippen LogP contribution >= 0.6 is 0 Å². The van der Waals surface area contributed by atoms with Gasteiger partial charge in [0.15, 0.2) is 5.84 Å². The second-order valence-electron chi connectivity index (χ2n) is 8.17. The molecule has 0 fully saturated rings. The second kappa shape index (κ2) is 10.7. The molecule has 186 valence electrons. The molecule has 0 aliphatic rings. The monoisotopic (exact) mass is 496 g/mol. The van der Waals surface area contributed by atoms with Gasteiger partial charge in [0.05, 0.1) is 23.0 Å². The molecule has 4 aromatic rings. The zero-order chi connectivity index (χ0) is 26.5. The molecule has 0 spiro atoms. The first-order chi connectivity index (χ1) is 17.8. The quantitative estimate of drug-likeness (QED) is 0.189. The molecule has 0 aliphatic heterocycles. The van der Waals surface area contributed by atoms with Crippen LogP contribution in [0.5, 0.6) is 5.75 Å². The van der Waals surface area contributed by atoms with Crippen molar-refractivity contribution in [3.8, 4) is 16.9 Å². The minimum absolute atomic E-state index is 0.0737. The third-order valence-electron chi connectivity index (χ3n) is 5.71. The molecule has 0 radical (unpaired) electrons. The first kappa shape index (κ1) is 25.1. The van der Waals surface area contributed by atoms with Crippen LogP contribution in [0.15, 0.2) is 110 Å². The number of nitrogens with two attached hydrogens (primary N) is 2. The first-order valence-electron chi connectivity index (χ1n) is 11.4. The standard InChI is InChI=1S/C29H25FN4O3/c1-3-22(26(32)19-13-20(30)15-21(35)14-19)29(33-16-31)34-17(2)28-25(18-9-5-4-6-10-18)27(36)23-11-7-8-12-24(23)37-28/h3-17,35H,1,32H2,2H3,(H2,31,33,34). The second-order valence-corrected chi connectivity index (χ2v) is 8.17. The molecule has 8 heteroatoms. The SMILES string of the molecule is C=CC(C(N=CN)=NC(C)c1oc2ccccc2c(=O)c1-c1ccccc1)=C(N)c1cc(O)cc(F)c1. The highest BCUT2D eigenvalue weighted by molar-refractivity contribution is 6.09. The van der Waals surface area contributed by atoms with Crippen molar-refractivity contribution in [2.45, 2.75) is 13.0 Å². The van der Waals surface area contributed by atoms with Gasteiger partial charge in [-0.05, 0) is 36.8 Å². The number of hydrogen-bond donors (Lipinski definition) is 3. The number of aliphatic imine (C=N–C) groups is 2. The van der Waals surface area contributed by atoms with Crippen molar-refractivity contribution in [2.75, 3.05) is 0 Å². The summed E-state index contributed by atoms with van der Waals surface area (Å²) in [7, 11) is 0. The van der Waals surface area contributed by atoms with Crippen LogP contribution in [-0.2, 0) is 0 Å². The number of fused-ring (bicyclic) bond motifs is 1. The predicted octanol–water partition coefficient (Wildman–Crippen LogP) is 5.31. The van der Waals surface area contributed by atoms with Crippen LogP contribution in [0.1, 0.15) is 24.3 Å². The zero-order valence-electron chi connectivity index (χ0n) is 20.1. The number of phenols is 1. The van der Waals surface area contributed by atoms with Crippen LogP contribution < -0.4 is 16.9 Å². The number of hydrogen-bond acceptors (Lipinski definition) is 5. The summed E-state index contributed by atoms with van der Waals surface area (Å²) >= 11 is 0. The smallest absolute Gasteiger partial charge is 0.200 e. The number of amidine groups is 1. The molecule has 4 rings (SSSR count). The average molecular weight is 497 g/mol. The maximum atomic E-state index is 13.9. The molecule has 1 unspecified atom stereocenters. The van der Waals surface area contributed by atoms with Gasteiger partial charge in [-0.25, -0.2) is 9.38 Å². The lowest BCUT2D eigenvalue weighted by Crippen LogP contribution is -2.13. The lowest BCUT2D eigenvalue weighted by atomic mass is 9.99. The highest BCUT2D eigenvalue weighted by Crippen LogP contribution is 2.32. The largest absolute Gasteiger partial charge is 0.508 e. The molecule has 0 amide bonds. The van der Waals surface area contributed by atoms with Gasteiger partial charge in [0.25, 0.3) is 0 Å². The van der Waals surface area contributed by atoms with Crippen molar-refractivity contribution < 1.29 is 13.9 Å². The highest BCUT2D eigenvalue weighted by Gasteiger charge is 2.22. The van der Waals surface area contributed by atoms with Gasteiger partial charge in [-0.2, -0.15) is 0 Å². The van der Waals surface area contributed by atoms with Crippen molar-refractivity contribution in [3.63, 3.8) is 0 Å². The van der Waals surface area contributed by atoms with Gasteiger partial charge < -0.3 is 21.0 Å². The number of benzene rings is 3. The Morgan fingerprint density at radius 1 is 1.11 bits per heavy atom. The van der Waals surface area contributed by atoms with Crippen LogP contribution in [-0.4, -0.2) is 17.3 Å². The molecule has 0 saturated carbocycles. The molecule has 0 bridgehead atoms. The molecule has 3 aromatic carbocycles. The molecule has 1 atom stereocenters. The van der Waals surface area contributed by atoms with E-state index in [2.05, 4.69) is 16.6 Å². The van der Waals surface area contributed by atoms with Gasteiger partial charge in [0.1, 0.15) is 29.0 Å². The number of phenolic OH excluding ortho intramolecular Hbond substituents is 1. The lowest BCUT2D eigenvalue weighted by Gasteiger charge is -2.15. The summed E-state index contributed by atoms with van der Waals surface area (Å²) in [6, 6.07) is 18.9. The van der Waals surface area contributed by atoms with Crippen LogP contribution in [0, 0.1) is 5.82 Å². The molecular weight excluding hydrogens is 471 g/mol. The summed E-state index contributed by atoms with van der Waals surface area (Å²) < 4.78 is 20.1. The normalized spacial score (nSPS) is 13.5. The van der Waals surface area contributed by atoms with E-state index >= 15 is 0 Å². The fourth-order valence-electron chi connectivity index (χ4n) is 4.02. The number of halogens is 1. The Morgan fingerprint density at radius 2 is 1.81 bits per heavy atom. The molecule has 7 nitrogen and oxygen atoms in total. The highest BCUT2D eigenvalue weighted by atomic mass is 19.1. The van der Waals surface area contributed by atoms with E-state index in [-0.39, 0.29) is 33.8 Å². The van der Waals surface area contributed by atoms with Gasteiger partial charge in [0.2, 0.25) is 5.43 Å². The molecule has 0 saturated heterocycles. The van der Waals surface area contributed by atoms with E-state index in [4.69, 9.17) is 15.9 Å². The van der Waals surface area contributed by atoms with Gasteiger partial charge in [-0.1, -0.05) is 55.1 Å². The Labute approximate surface area is 212 Å². The van der Waals surface area contributed by atoms with Crippen molar-refractivity contribution >= 4 is 28.8 Å². The van der Waals surface area contributed by atoms with Crippen molar-refractivity contribution in [1.29, 1.82) is 0 Å². The minimum atomic E-state index is -0.713. The van der Waals surface area contributed by atoms with E-state index in [0.717, 1.165) is 12.4 Å². The van der Waals surface area contributed by atoms with Gasteiger partial charge in [0, 0.05) is 17.2 Å². The van der Waals surface area contributed by atoms with Crippen molar-refractivity contribution in [3.05, 3.63) is 118 Å². The fourth-order valence-corrected chi connectivity index (χ4v) is 4.02. The lowest BCUT2D eigenvalue weighted by molar-refractivity contribution is 0.469. The topological polar surface area (TPSA) is 127 Å². The van der Waals surface area contributed by atoms with Crippen LogP contribution in [0.3, 0.4) is 0 Å². The van der Waals surface area contributed by atoms with Crippen molar-refractivity contribution in [2.24, 2.45) is 21.5 Å². The van der Waals surface area contributed by atoms with E-state index in [1.54, 1.807) is 31.2 Å². The van der Waals surface area contributed by atoms with Crippen LogP contribution in [0.4, 0.5) is 4.39 Å². The maximum Gasteiger partial charge on any atom is 0.200 e. The third kappa shape index (κ3) is 5.18. The van der Waals surface area contributed by atoms with Crippen molar-refractivity contribution in [1.82, 2.24) is 0 Å². The summed E-state index contributed by atoms with van der Waals surface area (Å²) in [5, 5.41) is 10.3. The molecule has 1 heterocycles. The van der Waals surface area contributed by atoms with E-state index in [9.17, 15) is 14.3 Å². The molecule has 1 aromatic heterocycles. The Morgan fingerprint density at radius 3 is 2.49 bits per heavy atom. The summed E-state index contributed by atoms with van der Waals surface area (Å²) in [6.45, 7) is 5.54. The Bertz CT molecular complexity index is 1600. The Balaban J connectivity index is 1.93. The molecule has 0 aliphatic carbocycles. The molecule has 37 heavy (non-hydrogen) atoms. The number of rotatable bonds is 6. The molecule has 5 N–H and O–H groups in total. The van der Waals surface area contributed by atoms with Gasteiger partial charge in [-0.3, -0.25) is 9.79 Å². The van der Waals surface area contributed by atoms with E-state index in [1.165, 1.54) is 18.2 Å². The van der Waals surface area contributed by atoms with E-state index in [0.29, 0.717) is 27.9 Å². The molecular formula is C29H25FN4O3. The van der Waals surface area contributed by atoms with E-state index < -0.39 is 11.9 Å². The number of para-hydroxylation sites is 1. The zero-order valence-corrected chi connectivity index (χ0v) is 20.1. The summed E-state index contributed by atoms with van der Waals surface area (Å²) in [5.41, 5.74) is 13.7. The summed E-state index contributed by atoms with van der Waals surface area (Å²) in [5.74, 6) is -0.548. The summed E-state index contributed by atoms with van der Waals surface area (Å²) in [4.78, 5) is 22.4. The van der Waals surface area contributed by atoms with Crippen LogP contribution in [0.25, 0.3) is 27.8 Å². The van der Waals surface area contributed by atoms with Gasteiger partial charge >= 0.3 is 0 Å². The maximum absolute atomic E-state index is 13.9. The average Bonchev–Trinajstić information content (AvgIpc) is 2.89. The predicted molar refractivity (Wildman–Crippen MR) is 146 cm³/mol. The van der Waals surface area contributed by atoms with Crippen LogP contribution in [0.2, 0.25) is 0 Å². The Kier molecular flexibility index (Phi) is 7.29. The Hall–Kier alpha value is -4.98. The first-order valence-corrected chi connectivity index (χ1v) is 11.4. The number of aromatic hydroxyl groups is 1. The van der Waals surface area contributed by atoms with E-state index in [1.807, 2.05) is 30.3 Å². The van der Waals surface area contributed by atoms with Gasteiger partial charge in [-0.15, -0.1) is 0 Å². The third-order valence-corrected chi connectivity index (χ3v) is 5.71. The summed E-state index contributed by atoms with van der Waals surface area (Å²) in [6.07, 6.45) is 2.45. The minimum Gasteiger partial charge on any atom is -0.508 e.